The van der Waals surface area contributed by atoms with E-state index >= 15 is 0 Å². The molecule has 0 aliphatic heterocycles. The molecule has 4 aromatic rings. The van der Waals surface area contributed by atoms with Crippen LogP contribution in [0.4, 0.5) is 17.1 Å². The summed E-state index contributed by atoms with van der Waals surface area (Å²) < 4.78 is 21.5. The molecule has 0 atom stereocenters. The smallest absolute Gasteiger partial charge is 0.177 e. The van der Waals surface area contributed by atoms with Crippen molar-refractivity contribution in [2.45, 2.75) is 87.9 Å². The summed E-state index contributed by atoms with van der Waals surface area (Å²) in [5.41, 5.74) is 22.3. The van der Waals surface area contributed by atoms with Gasteiger partial charge in [-0.2, -0.15) is 0 Å². The first-order valence-corrected chi connectivity index (χ1v) is 20.6. The average molecular weight is 771 g/mol. The van der Waals surface area contributed by atoms with E-state index in [4.69, 9.17) is 66.2 Å². The summed E-state index contributed by atoms with van der Waals surface area (Å²) in [5, 5.41) is 1.34. The van der Waals surface area contributed by atoms with Gasteiger partial charge in [0.25, 0.3) is 0 Å². The van der Waals surface area contributed by atoms with Crippen LogP contribution in [0, 0.1) is 35.5 Å². The molecule has 12 rings (SSSR count). The average Bonchev–Trinajstić information content (AvgIpc) is 3.08. The van der Waals surface area contributed by atoms with E-state index in [1.165, 1.54) is 44.1 Å². The SMILES string of the molecule is Nc1ccc(Oc2cc(C34CC5CC(CC(C5)C3)C4)c(Oc3ccc(N)cc3Cl)c(C34CC5CC(CC(C5)C3)C4)c2Oc2ccc(N)cc2Cl)c(Cl)c1. The number of halogens is 3. The van der Waals surface area contributed by atoms with Crippen LogP contribution in [-0.4, -0.2) is 0 Å². The standard InChI is InChI=1S/C44H46Cl3N3O3/c45-33-13-29(48)1-4-36(33)51-39-16-32(43-17-23-7-24(18-43)9-25(8-23)19-43)41(52-37-5-2-30(49)14-34(37)46)40(42(39)53-38-6-3-31(50)15-35(38)47)44-20-26-10-27(21-44)12-28(11-26)22-44/h1-6,13-16,23-28H,7-12,17-22,48-50H2. The minimum atomic E-state index is -0.193. The van der Waals surface area contributed by atoms with E-state index in [9.17, 15) is 0 Å². The molecule has 8 saturated carbocycles. The molecule has 0 amide bonds. The predicted molar refractivity (Wildman–Crippen MR) is 214 cm³/mol. The van der Waals surface area contributed by atoms with Gasteiger partial charge in [0, 0.05) is 33.6 Å². The van der Waals surface area contributed by atoms with Crippen LogP contribution in [-0.2, 0) is 10.8 Å². The molecule has 8 fully saturated rings. The van der Waals surface area contributed by atoms with E-state index in [1.54, 1.807) is 18.2 Å². The molecule has 0 saturated heterocycles. The number of anilines is 3. The molecule has 0 heterocycles. The second-order valence-corrected chi connectivity index (χ2v) is 18.9. The second kappa shape index (κ2) is 12.5. The lowest BCUT2D eigenvalue weighted by atomic mass is 9.46. The van der Waals surface area contributed by atoms with E-state index in [0.29, 0.717) is 96.4 Å². The Morgan fingerprint density at radius 1 is 0.434 bits per heavy atom. The lowest BCUT2D eigenvalue weighted by molar-refractivity contribution is -0.0107. The Morgan fingerprint density at radius 2 is 0.792 bits per heavy atom. The summed E-state index contributed by atoms with van der Waals surface area (Å²) in [6, 6.07) is 18.5. The summed E-state index contributed by atoms with van der Waals surface area (Å²) in [4.78, 5) is 0. The van der Waals surface area contributed by atoms with E-state index in [1.807, 2.05) is 36.4 Å². The third kappa shape index (κ3) is 5.90. The normalized spacial score (nSPS) is 31.9. The molecule has 8 aliphatic carbocycles. The molecule has 4 aromatic carbocycles. The highest BCUT2D eigenvalue weighted by atomic mass is 35.5. The highest BCUT2D eigenvalue weighted by Crippen LogP contribution is 2.69. The third-order valence-electron chi connectivity index (χ3n) is 13.9. The number of hydrogen-bond acceptors (Lipinski definition) is 6. The maximum atomic E-state index is 7.36. The van der Waals surface area contributed by atoms with Gasteiger partial charge in [-0.15, -0.1) is 0 Å². The highest BCUT2D eigenvalue weighted by Gasteiger charge is 2.57. The molecule has 8 bridgehead atoms. The van der Waals surface area contributed by atoms with Crippen molar-refractivity contribution in [2.24, 2.45) is 35.5 Å². The maximum absolute atomic E-state index is 7.36. The first-order valence-electron chi connectivity index (χ1n) is 19.4. The van der Waals surface area contributed by atoms with E-state index in [-0.39, 0.29) is 10.8 Å². The Labute approximate surface area is 326 Å². The van der Waals surface area contributed by atoms with Crippen LogP contribution >= 0.6 is 34.8 Å². The van der Waals surface area contributed by atoms with Crippen LogP contribution < -0.4 is 31.4 Å². The molecule has 0 radical (unpaired) electrons. The van der Waals surface area contributed by atoms with E-state index < -0.39 is 0 Å². The Morgan fingerprint density at radius 3 is 1.19 bits per heavy atom. The zero-order valence-corrected chi connectivity index (χ0v) is 32.1. The fraction of sp³-hybridized carbons (Fsp3) is 0.455. The summed E-state index contributed by atoms with van der Waals surface area (Å²) in [7, 11) is 0. The van der Waals surface area contributed by atoms with E-state index in [0.717, 1.165) is 49.8 Å². The molecular weight excluding hydrogens is 725 g/mol. The van der Waals surface area contributed by atoms with Gasteiger partial charge in [0.1, 0.15) is 23.0 Å². The van der Waals surface area contributed by atoms with Crippen LogP contribution in [0.15, 0.2) is 60.7 Å². The number of benzene rings is 4. The van der Waals surface area contributed by atoms with Crippen molar-refractivity contribution >= 4 is 51.9 Å². The maximum Gasteiger partial charge on any atom is 0.177 e. The molecular formula is C44H46Cl3N3O3. The Balaban J connectivity index is 1.28. The molecule has 0 unspecified atom stereocenters. The summed E-state index contributed by atoms with van der Waals surface area (Å²) in [5.74, 6) is 7.77. The molecule has 53 heavy (non-hydrogen) atoms. The Hall–Kier alpha value is -3.45. The van der Waals surface area contributed by atoms with Crippen LogP contribution in [0.3, 0.4) is 0 Å². The second-order valence-electron chi connectivity index (χ2n) is 17.7. The van der Waals surface area contributed by atoms with Gasteiger partial charge < -0.3 is 31.4 Å². The molecule has 8 aliphatic rings. The lowest BCUT2D eigenvalue weighted by Crippen LogP contribution is -2.50. The van der Waals surface area contributed by atoms with Gasteiger partial charge in [-0.05, 0) is 179 Å². The largest absolute Gasteiger partial charge is 0.455 e. The van der Waals surface area contributed by atoms with Crippen LogP contribution in [0.25, 0.3) is 0 Å². The zero-order valence-electron chi connectivity index (χ0n) is 29.8. The number of ether oxygens (including phenoxy) is 3. The monoisotopic (exact) mass is 769 g/mol. The number of hydrogen-bond donors (Lipinski definition) is 3. The van der Waals surface area contributed by atoms with E-state index in [2.05, 4.69) is 6.07 Å². The van der Waals surface area contributed by atoms with Gasteiger partial charge >= 0.3 is 0 Å². The van der Waals surface area contributed by atoms with Crippen LogP contribution in [0.5, 0.6) is 34.5 Å². The van der Waals surface area contributed by atoms with Gasteiger partial charge in [0.15, 0.2) is 11.5 Å². The third-order valence-corrected chi connectivity index (χ3v) is 14.8. The topological polar surface area (TPSA) is 106 Å². The molecule has 276 valence electrons. The zero-order chi connectivity index (χ0) is 36.2. The summed E-state index contributed by atoms with van der Waals surface area (Å²) in [6.07, 6.45) is 14.5. The number of nitrogens with two attached hydrogens (primary N) is 3. The lowest BCUT2D eigenvalue weighted by Gasteiger charge is -2.59. The van der Waals surface area contributed by atoms with Gasteiger partial charge in [0.2, 0.25) is 0 Å². The number of rotatable bonds is 8. The van der Waals surface area contributed by atoms with Crippen molar-refractivity contribution in [2.75, 3.05) is 17.2 Å². The van der Waals surface area contributed by atoms with Crippen molar-refractivity contribution in [1.82, 2.24) is 0 Å². The van der Waals surface area contributed by atoms with Gasteiger partial charge in [-0.3, -0.25) is 0 Å². The quantitative estimate of drug-likeness (QED) is 0.154. The van der Waals surface area contributed by atoms with Crippen molar-refractivity contribution in [3.8, 4) is 34.5 Å². The fourth-order valence-electron chi connectivity index (χ4n) is 12.8. The molecule has 0 aromatic heterocycles. The fourth-order valence-corrected chi connectivity index (χ4v) is 13.5. The molecule has 0 spiro atoms. The highest BCUT2D eigenvalue weighted by molar-refractivity contribution is 6.33. The van der Waals surface area contributed by atoms with Crippen LogP contribution in [0.1, 0.15) is 88.2 Å². The number of nitrogen functional groups attached to an aromatic ring is 3. The summed E-state index contributed by atoms with van der Waals surface area (Å²) in [6.45, 7) is 0. The summed E-state index contributed by atoms with van der Waals surface area (Å²) >= 11 is 20.8. The Kier molecular flexibility index (Phi) is 8.06. The van der Waals surface area contributed by atoms with Crippen LogP contribution in [0.2, 0.25) is 15.1 Å². The minimum Gasteiger partial charge on any atom is -0.455 e. The molecule has 6 N–H and O–H groups in total. The van der Waals surface area contributed by atoms with Crippen molar-refractivity contribution in [1.29, 1.82) is 0 Å². The van der Waals surface area contributed by atoms with Gasteiger partial charge in [0.05, 0.1) is 15.1 Å². The first kappa shape index (κ1) is 34.1. The van der Waals surface area contributed by atoms with Crippen molar-refractivity contribution in [3.05, 3.63) is 86.9 Å². The van der Waals surface area contributed by atoms with Gasteiger partial charge in [-0.1, -0.05) is 34.8 Å². The molecule has 9 heteroatoms. The molecule has 6 nitrogen and oxygen atoms in total. The minimum absolute atomic E-state index is 0.0677. The van der Waals surface area contributed by atoms with Gasteiger partial charge in [-0.25, -0.2) is 0 Å². The Bertz CT molecular complexity index is 2060. The predicted octanol–water partition coefficient (Wildman–Crippen LogP) is 12.7. The van der Waals surface area contributed by atoms with Crippen molar-refractivity contribution < 1.29 is 14.2 Å². The van der Waals surface area contributed by atoms with Crippen molar-refractivity contribution in [3.63, 3.8) is 0 Å². The first-order chi connectivity index (χ1) is 25.5.